The molecule has 0 aliphatic heterocycles. The highest BCUT2D eigenvalue weighted by molar-refractivity contribution is 5.90. The van der Waals surface area contributed by atoms with Gasteiger partial charge >= 0.3 is 0 Å². The van der Waals surface area contributed by atoms with E-state index < -0.39 is 0 Å². The summed E-state index contributed by atoms with van der Waals surface area (Å²) in [5.41, 5.74) is 0.713. The number of carbonyl (C=O) groups is 1. The second-order valence-electron chi connectivity index (χ2n) is 4.90. The summed E-state index contributed by atoms with van der Waals surface area (Å²) in [5, 5.41) is 6.16. The topological polar surface area (TPSA) is 71.8 Å². The van der Waals surface area contributed by atoms with E-state index in [4.69, 9.17) is 0 Å². The van der Waals surface area contributed by atoms with Crippen molar-refractivity contribution in [3.8, 4) is 5.82 Å². The Morgan fingerprint density at radius 1 is 1.40 bits per heavy atom. The van der Waals surface area contributed by atoms with Crippen molar-refractivity contribution in [1.29, 1.82) is 0 Å². The Morgan fingerprint density at radius 2 is 2.30 bits per heavy atom. The molecule has 20 heavy (non-hydrogen) atoms. The largest absolute Gasteiger partial charge is 0.325 e. The molecule has 2 heterocycles. The van der Waals surface area contributed by atoms with E-state index in [2.05, 4.69) is 20.6 Å². The molecule has 1 aliphatic rings. The normalized spacial score (nSPS) is 14.2. The summed E-state index contributed by atoms with van der Waals surface area (Å²) in [4.78, 5) is 20.0. The van der Waals surface area contributed by atoms with Crippen LogP contribution in [0.25, 0.3) is 5.82 Å². The molecule has 1 saturated carbocycles. The minimum Gasteiger partial charge on any atom is -0.325 e. The highest BCUT2D eigenvalue weighted by Crippen LogP contribution is 2.18. The van der Waals surface area contributed by atoms with Gasteiger partial charge in [-0.25, -0.2) is 9.97 Å². The Balaban J connectivity index is 1.50. The zero-order valence-electron chi connectivity index (χ0n) is 11.1. The predicted molar refractivity (Wildman–Crippen MR) is 75.6 cm³/mol. The predicted octanol–water partition coefficient (Wildman–Crippen LogP) is 1.35. The Kier molecular flexibility index (Phi) is 3.73. The first-order chi connectivity index (χ1) is 9.81. The lowest BCUT2D eigenvalue weighted by molar-refractivity contribution is -0.116. The van der Waals surface area contributed by atoms with Crippen molar-refractivity contribution in [3.05, 3.63) is 37.1 Å². The van der Waals surface area contributed by atoms with E-state index >= 15 is 0 Å². The van der Waals surface area contributed by atoms with E-state index in [1.54, 1.807) is 18.7 Å². The maximum atomic E-state index is 11.7. The number of pyridine rings is 1. The average molecular weight is 271 g/mol. The number of nitrogens with zero attached hydrogens (tertiary/aromatic N) is 3. The third-order valence-corrected chi connectivity index (χ3v) is 3.16. The van der Waals surface area contributed by atoms with Gasteiger partial charge in [0, 0.05) is 31.4 Å². The van der Waals surface area contributed by atoms with Gasteiger partial charge in [-0.1, -0.05) is 0 Å². The molecule has 1 aliphatic carbocycles. The molecule has 0 radical (unpaired) electrons. The second kappa shape index (κ2) is 5.83. The second-order valence-corrected chi connectivity index (χ2v) is 4.90. The van der Waals surface area contributed by atoms with Crippen LogP contribution in [0, 0.1) is 0 Å². The van der Waals surface area contributed by atoms with Gasteiger partial charge in [-0.2, -0.15) is 0 Å². The number of imidazole rings is 1. The van der Waals surface area contributed by atoms with Crippen LogP contribution in [0.3, 0.4) is 0 Å². The summed E-state index contributed by atoms with van der Waals surface area (Å²) < 4.78 is 1.81. The number of rotatable bonds is 6. The van der Waals surface area contributed by atoms with Crippen molar-refractivity contribution in [3.63, 3.8) is 0 Å². The van der Waals surface area contributed by atoms with Crippen LogP contribution in [0.2, 0.25) is 0 Å². The van der Waals surface area contributed by atoms with E-state index in [9.17, 15) is 4.79 Å². The molecule has 1 fully saturated rings. The third kappa shape index (κ3) is 3.42. The van der Waals surface area contributed by atoms with Gasteiger partial charge in [-0.3, -0.25) is 9.36 Å². The number of hydrogen-bond donors (Lipinski definition) is 2. The number of carbonyl (C=O) groups excluding carboxylic acids is 1. The van der Waals surface area contributed by atoms with Crippen LogP contribution in [-0.2, 0) is 4.79 Å². The standard InChI is InChI=1S/C14H17N5O/c20-14(5-6-16-11-1-2-11)18-12-3-4-13(17-9-12)19-8-7-15-10-19/h3-4,7-11,16H,1-2,5-6H2,(H,18,20). The number of anilines is 1. The van der Waals surface area contributed by atoms with Crippen molar-refractivity contribution in [2.24, 2.45) is 0 Å². The zero-order chi connectivity index (χ0) is 13.8. The summed E-state index contributed by atoms with van der Waals surface area (Å²) in [6, 6.07) is 4.33. The number of aromatic nitrogens is 3. The summed E-state index contributed by atoms with van der Waals surface area (Å²) in [6.07, 6.45) is 9.82. The molecule has 1 amide bonds. The Labute approximate surface area is 117 Å². The van der Waals surface area contributed by atoms with Gasteiger partial charge in [0.05, 0.1) is 11.9 Å². The average Bonchev–Trinajstić information content (AvgIpc) is 3.11. The zero-order valence-corrected chi connectivity index (χ0v) is 11.1. The molecule has 0 saturated heterocycles. The van der Waals surface area contributed by atoms with Crippen molar-refractivity contribution >= 4 is 11.6 Å². The van der Waals surface area contributed by atoms with Gasteiger partial charge in [0.15, 0.2) is 0 Å². The quantitative estimate of drug-likeness (QED) is 0.832. The summed E-state index contributed by atoms with van der Waals surface area (Å²) >= 11 is 0. The first-order valence-electron chi connectivity index (χ1n) is 6.79. The molecule has 0 unspecified atom stereocenters. The van der Waals surface area contributed by atoms with Gasteiger partial charge in [-0.05, 0) is 25.0 Å². The maximum absolute atomic E-state index is 11.7. The van der Waals surface area contributed by atoms with Crippen molar-refractivity contribution in [2.45, 2.75) is 25.3 Å². The summed E-state index contributed by atoms with van der Waals surface area (Å²) in [6.45, 7) is 0.733. The lowest BCUT2D eigenvalue weighted by atomic mass is 10.3. The van der Waals surface area contributed by atoms with Crippen molar-refractivity contribution < 1.29 is 4.79 Å². The lowest BCUT2D eigenvalue weighted by Crippen LogP contribution is -2.23. The van der Waals surface area contributed by atoms with E-state index in [0.29, 0.717) is 18.2 Å². The van der Waals surface area contributed by atoms with Crippen LogP contribution in [0.15, 0.2) is 37.1 Å². The van der Waals surface area contributed by atoms with Gasteiger partial charge in [0.25, 0.3) is 0 Å². The van der Waals surface area contributed by atoms with E-state index in [1.807, 2.05) is 22.9 Å². The summed E-state index contributed by atoms with van der Waals surface area (Å²) in [7, 11) is 0. The molecule has 2 N–H and O–H groups in total. The van der Waals surface area contributed by atoms with Crippen LogP contribution in [-0.4, -0.2) is 33.0 Å². The molecule has 0 bridgehead atoms. The van der Waals surface area contributed by atoms with E-state index in [-0.39, 0.29) is 5.91 Å². The molecule has 0 aromatic carbocycles. The highest BCUT2D eigenvalue weighted by Gasteiger charge is 2.20. The minimum absolute atomic E-state index is 0.00957. The van der Waals surface area contributed by atoms with E-state index in [1.165, 1.54) is 12.8 Å². The van der Waals surface area contributed by atoms with Crippen molar-refractivity contribution in [1.82, 2.24) is 19.9 Å². The van der Waals surface area contributed by atoms with Crippen LogP contribution in [0.5, 0.6) is 0 Å². The fourth-order valence-electron chi connectivity index (χ4n) is 1.91. The number of amides is 1. The van der Waals surface area contributed by atoms with Gasteiger partial charge in [0.2, 0.25) is 5.91 Å². The van der Waals surface area contributed by atoms with Crippen LogP contribution < -0.4 is 10.6 Å². The number of hydrogen-bond acceptors (Lipinski definition) is 4. The van der Waals surface area contributed by atoms with E-state index in [0.717, 1.165) is 12.4 Å². The van der Waals surface area contributed by atoms with Crippen LogP contribution >= 0.6 is 0 Å². The smallest absolute Gasteiger partial charge is 0.225 e. The summed E-state index contributed by atoms with van der Waals surface area (Å²) in [5.74, 6) is 0.784. The molecule has 104 valence electrons. The first-order valence-corrected chi connectivity index (χ1v) is 6.79. The van der Waals surface area contributed by atoms with Gasteiger partial charge < -0.3 is 10.6 Å². The molecule has 2 aromatic heterocycles. The van der Waals surface area contributed by atoms with Gasteiger partial charge in [-0.15, -0.1) is 0 Å². The fourth-order valence-corrected chi connectivity index (χ4v) is 1.91. The maximum Gasteiger partial charge on any atom is 0.225 e. The third-order valence-electron chi connectivity index (χ3n) is 3.16. The van der Waals surface area contributed by atoms with Crippen LogP contribution in [0.1, 0.15) is 19.3 Å². The minimum atomic E-state index is 0.00957. The number of nitrogens with one attached hydrogen (secondary N) is 2. The first kappa shape index (κ1) is 12.8. The molecular weight excluding hydrogens is 254 g/mol. The molecule has 3 rings (SSSR count). The Morgan fingerprint density at radius 3 is 2.95 bits per heavy atom. The molecule has 2 aromatic rings. The van der Waals surface area contributed by atoms with Crippen molar-refractivity contribution in [2.75, 3.05) is 11.9 Å². The monoisotopic (exact) mass is 271 g/mol. The molecule has 0 atom stereocenters. The Bertz CT molecular complexity index is 560. The van der Waals surface area contributed by atoms with Crippen LogP contribution in [0.4, 0.5) is 5.69 Å². The lowest BCUT2D eigenvalue weighted by Gasteiger charge is -2.06. The SMILES string of the molecule is O=C(CCNC1CC1)Nc1ccc(-n2ccnc2)nc1. The van der Waals surface area contributed by atoms with Gasteiger partial charge in [0.1, 0.15) is 12.1 Å². The fraction of sp³-hybridized carbons (Fsp3) is 0.357. The molecule has 0 spiro atoms. The molecular formula is C14H17N5O. The molecule has 6 heteroatoms. The molecule has 6 nitrogen and oxygen atoms in total. The Hall–Kier alpha value is -2.21. The highest BCUT2D eigenvalue weighted by atomic mass is 16.1.